The highest BCUT2D eigenvalue weighted by molar-refractivity contribution is 5.76. The molecule has 0 saturated heterocycles. The first-order chi connectivity index (χ1) is 12.8. The van der Waals surface area contributed by atoms with E-state index in [1.165, 1.54) is 10.6 Å². The molecule has 0 N–H and O–H groups in total. The first-order valence-corrected chi connectivity index (χ1v) is 9.08. The number of hydrogen-bond acceptors (Lipinski definition) is 5. The molecular weight excluding hydrogens is 346 g/mol. The fraction of sp³-hybridized carbons (Fsp3) is 0.474. The standard InChI is InChI=1S/C19H25N5O3/c1-14(2)21(3)11-15-10-18(26)24-9-8-23(12-16(24)20-15)19(27)13-22-7-5-4-6-17(22)25/h4-7,10,14H,8-9,11-13H2,1-3H3. The number of carbonyl (C=O) groups excluding carboxylic acids is 1. The third-order valence-corrected chi connectivity index (χ3v) is 4.92. The second kappa shape index (κ2) is 7.87. The van der Waals surface area contributed by atoms with E-state index in [9.17, 15) is 14.4 Å². The van der Waals surface area contributed by atoms with E-state index >= 15 is 0 Å². The summed E-state index contributed by atoms with van der Waals surface area (Å²) in [5.41, 5.74) is 0.408. The van der Waals surface area contributed by atoms with Crippen LogP contribution in [0.5, 0.6) is 0 Å². The number of hydrogen-bond donors (Lipinski definition) is 0. The molecule has 8 nitrogen and oxygen atoms in total. The monoisotopic (exact) mass is 371 g/mol. The number of amides is 1. The summed E-state index contributed by atoms with van der Waals surface area (Å²) in [6.45, 7) is 5.84. The number of fused-ring (bicyclic) bond motifs is 1. The lowest BCUT2D eigenvalue weighted by Crippen LogP contribution is -2.45. The van der Waals surface area contributed by atoms with Crippen LogP contribution >= 0.6 is 0 Å². The molecule has 0 saturated carbocycles. The van der Waals surface area contributed by atoms with Crippen LogP contribution in [0.1, 0.15) is 25.4 Å². The van der Waals surface area contributed by atoms with Crippen molar-refractivity contribution in [2.24, 2.45) is 0 Å². The molecule has 144 valence electrons. The third kappa shape index (κ3) is 4.33. The predicted molar refractivity (Wildman–Crippen MR) is 101 cm³/mol. The molecular formula is C19H25N5O3. The zero-order valence-electron chi connectivity index (χ0n) is 16.0. The Morgan fingerprint density at radius 3 is 2.70 bits per heavy atom. The maximum atomic E-state index is 12.6. The lowest BCUT2D eigenvalue weighted by molar-refractivity contribution is -0.133. The van der Waals surface area contributed by atoms with E-state index in [1.54, 1.807) is 33.9 Å². The van der Waals surface area contributed by atoms with Crippen LogP contribution in [-0.4, -0.2) is 49.5 Å². The van der Waals surface area contributed by atoms with Crippen molar-refractivity contribution in [2.45, 2.75) is 46.1 Å². The lowest BCUT2D eigenvalue weighted by atomic mass is 10.2. The predicted octanol–water partition coefficient (Wildman–Crippen LogP) is 0.288. The number of rotatable bonds is 5. The van der Waals surface area contributed by atoms with Crippen LogP contribution in [0.25, 0.3) is 0 Å². The van der Waals surface area contributed by atoms with Gasteiger partial charge in [-0.15, -0.1) is 0 Å². The van der Waals surface area contributed by atoms with Crippen molar-refractivity contribution in [1.82, 2.24) is 23.9 Å². The topological polar surface area (TPSA) is 80.4 Å². The summed E-state index contributed by atoms with van der Waals surface area (Å²) in [5, 5.41) is 0. The van der Waals surface area contributed by atoms with Gasteiger partial charge < -0.3 is 9.47 Å². The Morgan fingerprint density at radius 2 is 2.00 bits per heavy atom. The molecule has 3 heterocycles. The van der Waals surface area contributed by atoms with Gasteiger partial charge in [0.25, 0.3) is 11.1 Å². The molecule has 1 aliphatic heterocycles. The lowest BCUT2D eigenvalue weighted by Gasteiger charge is -2.30. The van der Waals surface area contributed by atoms with Crippen molar-refractivity contribution in [1.29, 1.82) is 0 Å². The van der Waals surface area contributed by atoms with Gasteiger partial charge in [0.1, 0.15) is 12.4 Å². The Morgan fingerprint density at radius 1 is 1.22 bits per heavy atom. The molecule has 1 amide bonds. The SMILES string of the molecule is CC(C)N(C)Cc1cc(=O)n2c(n1)CN(C(=O)Cn1ccccc1=O)CC2. The molecule has 8 heteroatoms. The molecule has 3 rings (SSSR count). The molecule has 27 heavy (non-hydrogen) atoms. The molecule has 1 aliphatic rings. The maximum absolute atomic E-state index is 12.6. The van der Waals surface area contributed by atoms with Crippen molar-refractivity contribution < 1.29 is 4.79 Å². The van der Waals surface area contributed by atoms with Crippen LogP contribution in [0.15, 0.2) is 40.1 Å². The van der Waals surface area contributed by atoms with Gasteiger partial charge in [0.2, 0.25) is 5.91 Å². The van der Waals surface area contributed by atoms with Crippen LogP contribution in [0.3, 0.4) is 0 Å². The van der Waals surface area contributed by atoms with E-state index in [0.717, 1.165) is 0 Å². The van der Waals surface area contributed by atoms with E-state index in [2.05, 4.69) is 23.7 Å². The Hall–Kier alpha value is -2.74. The highest BCUT2D eigenvalue weighted by atomic mass is 16.2. The van der Waals surface area contributed by atoms with Gasteiger partial charge >= 0.3 is 0 Å². The van der Waals surface area contributed by atoms with E-state index in [-0.39, 0.29) is 30.1 Å². The summed E-state index contributed by atoms with van der Waals surface area (Å²) >= 11 is 0. The van der Waals surface area contributed by atoms with E-state index in [4.69, 9.17) is 0 Å². The molecule has 0 aliphatic carbocycles. The molecule has 0 unspecified atom stereocenters. The van der Waals surface area contributed by atoms with Gasteiger partial charge in [-0.3, -0.25) is 23.9 Å². The largest absolute Gasteiger partial charge is 0.332 e. The summed E-state index contributed by atoms with van der Waals surface area (Å²) < 4.78 is 3.00. The van der Waals surface area contributed by atoms with Crippen LogP contribution in [0.2, 0.25) is 0 Å². The molecule has 0 aromatic carbocycles. The molecule has 0 atom stereocenters. The number of nitrogens with zero attached hydrogens (tertiary/aromatic N) is 5. The molecule has 2 aromatic rings. The van der Waals surface area contributed by atoms with Crippen molar-refractivity contribution >= 4 is 5.91 Å². The van der Waals surface area contributed by atoms with Crippen molar-refractivity contribution in [2.75, 3.05) is 13.6 Å². The smallest absolute Gasteiger partial charge is 0.253 e. The van der Waals surface area contributed by atoms with Gasteiger partial charge in [0.05, 0.1) is 12.2 Å². The average molecular weight is 371 g/mol. The van der Waals surface area contributed by atoms with Crippen LogP contribution in [-0.2, 0) is 31.0 Å². The van der Waals surface area contributed by atoms with Crippen molar-refractivity contribution in [3.8, 4) is 0 Å². The summed E-state index contributed by atoms with van der Waals surface area (Å²) in [4.78, 5) is 45.2. The average Bonchev–Trinajstić information content (AvgIpc) is 2.63. The second-order valence-electron chi connectivity index (χ2n) is 7.14. The highest BCUT2D eigenvalue weighted by Gasteiger charge is 2.23. The summed E-state index contributed by atoms with van der Waals surface area (Å²) in [6, 6.07) is 6.71. The van der Waals surface area contributed by atoms with Gasteiger partial charge in [-0.2, -0.15) is 0 Å². The third-order valence-electron chi connectivity index (χ3n) is 4.92. The minimum atomic E-state index is -0.211. The van der Waals surface area contributed by atoms with Gasteiger partial charge in [-0.05, 0) is 27.0 Å². The molecule has 0 spiro atoms. The summed E-state index contributed by atoms with van der Waals surface area (Å²) in [6.07, 6.45) is 1.60. The first kappa shape index (κ1) is 19.0. The molecule has 0 radical (unpaired) electrons. The summed E-state index contributed by atoms with van der Waals surface area (Å²) in [5.74, 6) is 0.433. The molecule has 0 bridgehead atoms. The van der Waals surface area contributed by atoms with Gasteiger partial charge in [0, 0.05) is 44.0 Å². The number of pyridine rings is 1. The highest BCUT2D eigenvalue weighted by Crippen LogP contribution is 2.11. The minimum absolute atomic E-state index is 0.0142. The fourth-order valence-electron chi connectivity index (χ4n) is 3.01. The maximum Gasteiger partial charge on any atom is 0.253 e. The Kier molecular flexibility index (Phi) is 5.55. The van der Waals surface area contributed by atoms with Gasteiger partial charge in [-0.1, -0.05) is 6.07 Å². The Labute approximate surface area is 157 Å². The van der Waals surface area contributed by atoms with Crippen LogP contribution in [0.4, 0.5) is 0 Å². The Balaban J connectivity index is 1.77. The second-order valence-corrected chi connectivity index (χ2v) is 7.14. The zero-order chi connectivity index (χ0) is 19.6. The van der Waals surface area contributed by atoms with E-state index < -0.39 is 0 Å². The first-order valence-electron chi connectivity index (χ1n) is 9.08. The van der Waals surface area contributed by atoms with E-state index in [0.29, 0.717) is 37.2 Å². The van der Waals surface area contributed by atoms with Gasteiger partial charge in [0.15, 0.2) is 0 Å². The zero-order valence-corrected chi connectivity index (χ0v) is 16.0. The quantitative estimate of drug-likeness (QED) is 0.755. The normalized spacial score (nSPS) is 13.9. The minimum Gasteiger partial charge on any atom is -0.332 e. The van der Waals surface area contributed by atoms with Gasteiger partial charge in [-0.25, -0.2) is 4.98 Å². The number of carbonyl (C=O) groups is 1. The molecule has 2 aromatic heterocycles. The van der Waals surface area contributed by atoms with Crippen molar-refractivity contribution in [3.63, 3.8) is 0 Å². The van der Waals surface area contributed by atoms with Crippen LogP contribution < -0.4 is 11.1 Å². The summed E-state index contributed by atoms with van der Waals surface area (Å²) in [7, 11) is 1.98. The Bertz CT molecular complexity index is 947. The molecule has 0 fully saturated rings. The fourth-order valence-corrected chi connectivity index (χ4v) is 3.01. The van der Waals surface area contributed by atoms with Crippen molar-refractivity contribution in [3.05, 3.63) is 62.7 Å². The van der Waals surface area contributed by atoms with Crippen LogP contribution in [0, 0.1) is 0 Å². The number of aromatic nitrogens is 3. The van der Waals surface area contributed by atoms with E-state index in [1.807, 2.05) is 7.05 Å².